The van der Waals surface area contributed by atoms with Crippen LogP contribution in [0.1, 0.15) is 52.1 Å². The lowest BCUT2D eigenvalue weighted by Gasteiger charge is -2.29. The first-order chi connectivity index (χ1) is 19.7. The third-order valence-corrected chi connectivity index (χ3v) is 7.33. The molecule has 4 aromatic rings. The van der Waals surface area contributed by atoms with Gasteiger partial charge in [0.2, 0.25) is 0 Å². The fourth-order valence-corrected chi connectivity index (χ4v) is 4.76. The molecule has 1 aliphatic rings. The summed E-state index contributed by atoms with van der Waals surface area (Å²) in [6.07, 6.45) is 3.94. The van der Waals surface area contributed by atoms with Crippen LogP contribution in [0.5, 0.6) is 0 Å². The number of carbonyl (C=O) groups is 2. The molecule has 11 heteroatoms. The number of nitrogens with one attached hydrogen (secondary N) is 3. The van der Waals surface area contributed by atoms with Crippen molar-refractivity contribution >= 4 is 40.2 Å². The normalized spacial score (nSPS) is 14.1. The SMILES string of the molecule is CC[C@H](C)NC(=O)c1cn2ncnc(Nc3cc(NC(=O)c4cc(F)cc(N5CCOCC5)c4)ccc3C)c2c1C. The number of carbonyl (C=O) groups excluding carboxylic acids is 2. The molecule has 41 heavy (non-hydrogen) atoms. The van der Waals surface area contributed by atoms with Crippen molar-refractivity contribution in [2.75, 3.05) is 41.8 Å². The van der Waals surface area contributed by atoms with Gasteiger partial charge in [0.05, 0.1) is 18.8 Å². The number of hydrogen-bond donors (Lipinski definition) is 3. The molecule has 1 aliphatic heterocycles. The van der Waals surface area contributed by atoms with Gasteiger partial charge in [-0.05, 0) is 68.7 Å². The van der Waals surface area contributed by atoms with Gasteiger partial charge in [0.1, 0.15) is 17.7 Å². The van der Waals surface area contributed by atoms with Crippen LogP contribution in [0.2, 0.25) is 0 Å². The summed E-state index contributed by atoms with van der Waals surface area (Å²) in [6.45, 7) is 10.2. The van der Waals surface area contributed by atoms with E-state index in [2.05, 4.69) is 26.0 Å². The van der Waals surface area contributed by atoms with Crippen molar-refractivity contribution in [1.82, 2.24) is 19.9 Å². The predicted molar refractivity (Wildman–Crippen MR) is 157 cm³/mol. The minimum atomic E-state index is -0.474. The molecule has 3 N–H and O–H groups in total. The molecule has 3 heterocycles. The zero-order valence-corrected chi connectivity index (χ0v) is 23.6. The Morgan fingerprint density at radius 2 is 1.88 bits per heavy atom. The van der Waals surface area contributed by atoms with E-state index in [1.54, 1.807) is 28.9 Å². The highest BCUT2D eigenvalue weighted by molar-refractivity contribution is 6.05. The predicted octanol–water partition coefficient (Wildman–Crippen LogP) is 4.85. The number of rotatable bonds is 8. The molecule has 2 aromatic carbocycles. The molecular formula is C30H34FN7O3. The number of nitrogens with zero attached hydrogens (tertiary/aromatic N) is 4. The van der Waals surface area contributed by atoms with Gasteiger partial charge in [-0.25, -0.2) is 13.9 Å². The van der Waals surface area contributed by atoms with Crippen LogP contribution in [0.3, 0.4) is 0 Å². The zero-order chi connectivity index (χ0) is 29.1. The van der Waals surface area contributed by atoms with Crippen molar-refractivity contribution in [3.63, 3.8) is 0 Å². The molecule has 0 unspecified atom stereocenters. The Balaban J connectivity index is 1.38. The van der Waals surface area contributed by atoms with Crippen molar-refractivity contribution in [1.29, 1.82) is 0 Å². The Hall–Kier alpha value is -4.51. The topological polar surface area (TPSA) is 113 Å². The molecule has 1 atom stereocenters. The van der Waals surface area contributed by atoms with Crippen molar-refractivity contribution < 1.29 is 18.7 Å². The lowest BCUT2D eigenvalue weighted by atomic mass is 10.1. The highest BCUT2D eigenvalue weighted by atomic mass is 19.1. The van der Waals surface area contributed by atoms with Gasteiger partial charge in [-0.3, -0.25) is 9.59 Å². The van der Waals surface area contributed by atoms with Gasteiger partial charge in [-0.15, -0.1) is 0 Å². The molecule has 0 spiro atoms. The number of halogens is 1. The van der Waals surface area contributed by atoms with Crippen LogP contribution in [0, 0.1) is 19.7 Å². The standard InChI is InChI=1S/C30H34FN7O3/c1-5-19(3)34-30(40)25-16-38-27(20(25)4)28(32-17-33-38)36-26-15-23(7-6-18(26)2)35-29(39)21-12-22(31)14-24(13-21)37-8-10-41-11-9-37/h6-7,12-17,19H,5,8-11H2,1-4H3,(H,34,40)(H,35,39)(H,32,33,36)/t19-/m0/s1. The molecule has 0 saturated carbocycles. The van der Waals surface area contributed by atoms with E-state index >= 15 is 0 Å². The smallest absolute Gasteiger partial charge is 0.255 e. The summed E-state index contributed by atoms with van der Waals surface area (Å²) in [5.74, 6) is -0.536. The van der Waals surface area contributed by atoms with Crippen LogP contribution in [0.15, 0.2) is 48.9 Å². The summed E-state index contributed by atoms with van der Waals surface area (Å²) >= 11 is 0. The monoisotopic (exact) mass is 559 g/mol. The number of fused-ring (bicyclic) bond motifs is 1. The average Bonchev–Trinajstić information content (AvgIpc) is 3.32. The quantitative estimate of drug-likeness (QED) is 0.283. The summed E-state index contributed by atoms with van der Waals surface area (Å²) in [4.78, 5) is 32.4. The maximum atomic E-state index is 14.4. The number of benzene rings is 2. The Morgan fingerprint density at radius 3 is 2.63 bits per heavy atom. The molecule has 0 bridgehead atoms. The van der Waals surface area contributed by atoms with E-state index in [0.29, 0.717) is 60.3 Å². The van der Waals surface area contributed by atoms with E-state index in [1.165, 1.54) is 18.5 Å². The third kappa shape index (κ3) is 6.14. The number of amides is 2. The summed E-state index contributed by atoms with van der Waals surface area (Å²) in [6, 6.07) is 9.86. The van der Waals surface area contributed by atoms with Crippen molar-refractivity contribution in [2.45, 2.75) is 40.2 Å². The Morgan fingerprint density at radius 1 is 1.10 bits per heavy atom. The summed E-state index contributed by atoms with van der Waals surface area (Å²) in [5, 5.41) is 13.5. The van der Waals surface area contributed by atoms with E-state index in [-0.39, 0.29) is 17.5 Å². The number of anilines is 4. The number of hydrogen-bond acceptors (Lipinski definition) is 7. The van der Waals surface area contributed by atoms with Crippen LogP contribution in [0.4, 0.5) is 27.3 Å². The van der Waals surface area contributed by atoms with Crippen LogP contribution < -0.4 is 20.9 Å². The lowest BCUT2D eigenvalue weighted by molar-refractivity contribution is 0.0938. The van der Waals surface area contributed by atoms with Gasteiger partial charge < -0.3 is 25.6 Å². The van der Waals surface area contributed by atoms with E-state index in [4.69, 9.17) is 4.74 Å². The minimum absolute atomic E-state index is 0.0486. The van der Waals surface area contributed by atoms with E-state index < -0.39 is 11.7 Å². The maximum Gasteiger partial charge on any atom is 0.255 e. The van der Waals surface area contributed by atoms with E-state index in [9.17, 15) is 14.0 Å². The second kappa shape index (κ2) is 11.9. The van der Waals surface area contributed by atoms with Gasteiger partial charge in [-0.1, -0.05) is 13.0 Å². The molecule has 1 fully saturated rings. The van der Waals surface area contributed by atoms with Gasteiger partial charge in [-0.2, -0.15) is 5.10 Å². The van der Waals surface area contributed by atoms with Crippen LogP contribution in [0.25, 0.3) is 5.52 Å². The third-order valence-electron chi connectivity index (χ3n) is 7.33. The van der Waals surface area contributed by atoms with Crippen LogP contribution in [-0.4, -0.2) is 58.8 Å². The average molecular weight is 560 g/mol. The van der Waals surface area contributed by atoms with Crippen molar-refractivity contribution in [3.8, 4) is 0 Å². The molecule has 5 rings (SSSR count). The number of morpholine rings is 1. The first-order valence-corrected chi connectivity index (χ1v) is 13.7. The molecule has 10 nitrogen and oxygen atoms in total. The minimum Gasteiger partial charge on any atom is -0.378 e. The fourth-order valence-electron chi connectivity index (χ4n) is 4.76. The highest BCUT2D eigenvalue weighted by Crippen LogP contribution is 2.29. The Kier molecular flexibility index (Phi) is 8.16. The maximum absolute atomic E-state index is 14.4. The van der Waals surface area contributed by atoms with Crippen molar-refractivity contribution in [2.24, 2.45) is 0 Å². The number of ether oxygens (including phenoxy) is 1. The lowest BCUT2D eigenvalue weighted by Crippen LogP contribution is -2.36. The zero-order valence-electron chi connectivity index (χ0n) is 23.6. The molecule has 0 aliphatic carbocycles. The highest BCUT2D eigenvalue weighted by Gasteiger charge is 2.20. The molecule has 2 aromatic heterocycles. The fraction of sp³-hybridized carbons (Fsp3) is 0.333. The first kappa shape index (κ1) is 28.0. The van der Waals surface area contributed by atoms with Crippen molar-refractivity contribution in [3.05, 3.63) is 77.0 Å². The number of aromatic nitrogens is 3. The summed E-state index contributed by atoms with van der Waals surface area (Å²) in [7, 11) is 0. The molecule has 214 valence electrons. The summed E-state index contributed by atoms with van der Waals surface area (Å²) in [5.41, 5.74) is 4.98. The Bertz CT molecular complexity index is 1600. The molecular weight excluding hydrogens is 525 g/mol. The molecule has 1 saturated heterocycles. The Labute approximate surface area is 237 Å². The van der Waals surface area contributed by atoms with E-state index in [1.807, 2.05) is 38.7 Å². The molecule has 2 amide bonds. The first-order valence-electron chi connectivity index (χ1n) is 13.7. The largest absolute Gasteiger partial charge is 0.378 e. The second-order valence-corrected chi connectivity index (χ2v) is 10.3. The van der Waals surface area contributed by atoms with Gasteiger partial charge >= 0.3 is 0 Å². The number of aryl methyl sites for hydroxylation is 2. The van der Waals surface area contributed by atoms with Crippen LogP contribution >= 0.6 is 0 Å². The van der Waals surface area contributed by atoms with Gasteiger partial charge in [0, 0.05) is 48.0 Å². The molecule has 0 radical (unpaired) electrons. The van der Waals surface area contributed by atoms with Crippen LogP contribution in [-0.2, 0) is 4.74 Å². The second-order valence-electron chi connectivity index (χ2n) is 10.3. The van der Waals surface area contributed by atoms with Gasteiger partial charge in [0.15, 0.2) is 5.82 Å². The van der Waals surface area contributed by atoms with E-state index in [0.717, 1.165) is 17.5 Å². The summed E-state index contributed by atoms with van der Waals surface area (Å²) < 4.78 is 21.5. The van der Waals surface area contributed by atoms with Gasteiger partial charge in [0.25, 0.3) is 11.8 Å².